The number of nitrogens with two attached hydrogens (primary N) is 2. The molecule has 10 heterocycles. The Morgan fingerprint density at radius 3 is 1.60 bits per heavy atom. The number of H-pyrrole nitrogens is 3. The quantitative estimate of drug-likeness (QED) is 0.0178. The van der Waals surface area contributed by atoms with E-state index in [2.05, 4.69) is 198 Å². The summed E-state index contributed by atoms with van der Waals surface area (Å²) < 4.78 is 51.8. The maximum Gasteiger partial charge on any atom is 0.489 e. The molecule has 0 fully saturated rings. The largest absolute Gasteiger partial charge is 0.489 e. The van der Waals surface area contributed by atoms with Crippen molar-refractivity contribution in [1.82, 2.24) is 64.8 Å². The van der Waals surface area contributed by atoms with Crippen LogP contribution in [0.2, 0.25) is 39.3 Å². The van der Waals surface area contributed by atoms with Gasteiger partial charge in [0.15, 0.2) is 0 Å². The van der Waals surface area contributed by atoms with E-state index in [4.69, 9.17) is 48.7 Å². The molecule has 0 saturated heterocycles. The lowest BCUT2D eigenvalue weighted by Crippen LogP contribution is -2.28. The second kappa shape index (κ2) is 44.9. The van der Waals surface area contributed by atoms with E-state index in [-0.39, 0.29) is 24.7 Å². The Labute approximate surface area is 636 Å². The van der Waals surface area contributed by atoms with Gasteiger partial charge >= 0.3 is 7.12 Å². The Bertz CT molecular complexity index is 5020. The third-order valence-corrected chi connectivity index (χ3v) is 18.0. The molecule has 13 N–H and O–H groups in total. The summed E-state index contributed by atoms with van der Waals surface area (Å²) >= 11 is 8.00. The average Bonchev–Trinajstić information content (AvgIpc) is 1.63. The Hall–Kier alpha value is -9.47. The summed E-state index contributed by atoms with van der Waals surface area (Å²) in [4.78, 5) is 86.7. The lowest BCUT2D eigenvalue weighted by Gasteiger charge is -2.07. The first-order chi connectivity index (χ1) is 49.3. The predicted octanol–water partition coefficient (Wildman–Crippen LogP) is 10.1. The number of amides is 2. The summed E-state index contributed by atoms with van der Waals surface area (Å²) in [6.45, 7) is 13.0. The van der Waals surface area contributed by atoms with E-state index < -0.39 is 43.3 Å². The molecule has 2 aromatic carbocycles. The van der Waals surface area contributed by atoms with Crippen LogP contribution in [0.3, 0.4) is 0 Å². The van der Waals surface area contributed by atoms with Gasteiger partial charge in [0.1, 0.15) is 76.4 Å². The van der Waals surface area contributed by atoms with Crippen molar-refractivity contribution >= 4 is 206 Å². The van der Waals surface area contributed by atoms with Crippen LogP contribution >= 0.6 is 79.1 Å². The molecule has 0 aliphatic heterocycles. The first kappa shape index (κ1) is 88.7. The van der Waals surface area contributed by atoms with Gasteiger partial charge in [-0.15, -0.1) is 58.0 Å². The van der Waals surface area contributed by atoms with Gasteiger partial charge in [-0.1, -0.05) is 69.5 Å². The maximum atomic E-state index is 12.4. The van der Waals surface area contributed by atoms with Crippen LogP contribution in [-0.4, -0.2) is 139 Å². The zero-order valence-electron chi connectivity index (χ0n) is 56.8. The molecule has 2 unspecified atom stereocenters. The van der Waals surface area contributed by atoms with Crippen LogP contribution in [0.5, 0.6) is 0 Å². The van der Waals surface area contributed by atoms with Crippen LogP contribution in [0.1, 0.15) is 16.7 Å². The smallest absolute Gasteiger partial charge is 0.423 e. The number of anilines is 6. The maximum absolute atomic E-state index is 12.4. The third kappa shape index (κ3) is 34.2. The molecular formula is C62H72BBrIN21O10P2S4Si2. The zero-order valence-corrected chi connectivity index (χ0v) is 68.1. The number of benzene rings is 2. The Morgan fingerprint density at radius 2 is 1.12 bits per heavy atom. The van der Waals surface area contributed by atoms with E-state index in [9.17, 15) is 26.4 Å². The molecule has 2 amide bonds. The van der Waals surface area contributed by atoms with E-state index in [1.807, 2.05) is 36.1 Å². The SMILES string of the molecule is C#C[Si](C)(C)C.CS(=O)(=O)Nc1cccc(CC(=O)Nc2cc(-c3c[nH]c4ncncc34)cs2)c1.CS(=O)(=O)Nc1cccc(CC(=O)Nc2cc(B(O)O)cs2)c1.C[Si](C)(C)C#Cc1cncnc1N.Ic1c[nH]c2ncncc12.N#N.Nc1ncncc1Br.O=O.PP.c1ncc2cc[nH]c2n1. The van der Waals surface area contributed by atoms with Crippen molar-refractivity contribution in [3.8, 4) is 34.6 Å². The monoisotopic (exact) mass is 1730 g/mol. The number of terminal acetylenes is 1. The molecule has 10 aromatic heterocycles. The fraction of sp³-hybridized carbons (Fsp3) is 0.161. The topological polar surface area (TPSA) is 501 Å². The second-order valence-corrected chi connectivity index (χ2v) is 39.5. The normalized spacial score (nSPS) is 10.3. The van der Waals surface area contributed by atoms with Crippen molar-refractivity contribution in [2.45, 2.75) is 52.1 Å². The standard InChI is InChI=1S/C19H17N5O3S2.C13H15BN2O5S2.C9H13N3Si.C6H4IN3.C6H5N3.C5H10Si.C4H4BrN3.N2.O2.H4P2/c1-29(26,27)24-14-4-2-3-12(5-14)6-17(25)23-18-7-13(10-28-18)15-9-21-19-16(15)8-20-11-22-19;1-23(20,21)16-11-4-2-3-9(5-11)6-12(17)15-13-7-10(8-22-13)14(18)19;1-13(2,3)5-4-8-6-11-7-12-9(8)10;7-5-2-9-6-4(5)1-8-3-10-6;1-2-8-6-5(1)3-7-4-9-6;1-5-6(2,3)4;5-3-1-7-2-8-4(3)6;3*1-2/h2-5,7-11,24H,6H2,1H3,(H,23,25)(H,20,21,22);2-5,7-8,16,18-19H,6H2,1H3,(H,15,17);6-7H,1-3H3,(H2,10,11,12);1-3H,(H,8,9,10);1-4H,(H,7,8,9);1H,2-4H3;1-2H,(H2,6,7,8);;;1-2H2. The van der Waals surface area contributed by atoms with Crippen molar-refractivity contribution in [1.29, 1.82) is 10.8 Å². The van der Waals surface area contributed by atoms with E-state index in [1.54, 1.807) is 79.5 Å². The third-order valence-electron chi connectivity index (χ3n) is 11.9. The van der Waals surface area contributed by atoms with Gasteiger partial charge in [0.2, 0.25) is 31.9 Å². The van der Waals surface area contributed by atoms with Gasteiger partial charge in [-0.25, -0.2) is 66.7 Å². The van der Waals surface area contributed by atoms with Gasteiger partial charge < -0.3 is 47.1 Å². The average molecular weight is 1740 g/mol. The number of thiophene rings is 2. The number of aromatic amines is 3. The molecular weight excluding hydrogens is 1660 g/mol. The van der Waals surface area contributed by atoms with Gasteiger partial charge in [0.25, 0.3) is 0 Å². The van der Waals surface area contributed by atoms with Crippen molar-refractivity contribution in [3.63, 3.8) is 0 Å². The van der Waals surface area contributed by atoms with Crippen LogP contribution in [0.25, 0.3) is 44.2 Å². The van der Waals surface area contributed by atoms with Gasteiger partial charge in [-0.3, -0.25) is 19.0 Å². The Balaban J connectivity index is 0.000000332. The van der Waals surface area contributed by atoms with E-state index >= 15 is 0 Å². The van der Waals surface area contributed by atoms with Crippen molar-refractivity contribution in [3.05, 3.63) is 193 Å². The number of carbonyl (C=O) groups is 2. The molecule has 0 radical (unpaired) electrons. The van der Waals surface area contributed by atoms with Crippen LogP contribution in [0.4, 0.5) is 33.0 Å². The highest BCUT2D eigenvalue weighted by atomic mass is 127. The van der Waals surface area contributed by atoms with Gasteiger partial charge in [-0.05, 0) is 109 Å². The first-order valence-corrected chi connectivity index (χ1v) is 46.5. The van der Waals surface area contributed by atoms with Gasteiger partial charge in [0.05, 0.1) is 50.8 Å². The van der Waals surface area contributed by atoms with Gasteiger partial charge in [0, 0.05) is 107 Å². The summed E-state index contributed by atoms with van der Waals surface area (Å²) in [6.07, 6.45) is 29.0. The van der Waals surface area contributed by atoms with Crippen LogP contribution in [0.15, 0.2) is 163 Å². The molecule has 0 aliphatic carbocycles. The molecule has 0 aliphatic rings. The van der Waals surface area contributed by atoms with E-state index in [1.165, 1.54) is 65.8 Å². The number of aromatic nitrogens is 13. The molecule has 0 bridgehead atoms. The molecule has 12 aromatic rings. The van der Waals surface area contributed by atoms with Crippen LogP contribution in [0, 0.1) is 47.7 Å². The fourth-order valence-corrected chi connectivity index (χ4v) is 11.5. The molecule has 0 saturated carbocycles. The summed E-state index contributed by atoms with van der Waals surface area (Å²) in [6, 6.07) is 18.6. The molecule has 31 nitrogen and oxygen atoms in total. The molecule has 12 rings (SSSR count). The zero-order chi connectivity index (χ0) is 77.6. The van der Waals surface area contributed by atoms with Crippen molar-refractivity contribution in [2.24, 2.45) is 0 Å². The number of sulfonamides is 2. The minimum absolute atomic E-state index is 0.0637. The van der Waals surface area contributed by atoms with Crippen LogP contribution in [-0.2, 0) is 42.5 Å². The number of hydrogen-bond acceptors (Lipinski definition) is 26. The highest BCUT2D eigenvalue weighted by Crippen LogP contribution is 2.33. The number of fused-ring (bicyclic) bond motifs is 3. The first-order valence-electron chi connectivity index (χ1n) is 29.5. The van der Waals surface area contributed by atoms with Crippen molar-refractivity contribution in [2.75, 3.05) is 44.1 Å². The number of nitrogens with zero attached hydrogens (tertiary/aromatic N) is 12. The molecule has 2 atom stereocenters. The summed E-state index contributed by atoms with van der Waals surface area (Å²) in [5, 5.41) is 43.4. The summed E-state index contributed by atoms with van der Waals surface area (Å²) in [5.74, 6) is 3.47. The lowest BCUT2D eigenvalue weighted by molar-refractivity contribution is -0.116. The summed E-state index contributed by atoms with van der Waals surface area (Å²) in [5.41, 5.74) is 24.6. The number of rotatable bonds is 12. The van der Waals surface area contributed by atoms with Crippen molar-refractivity contribution < 1.29 is 36.5 Å². The number of carbonyl (C=O) groups excluding carboxylic acids is 2. The minimum Gasteiger partial charge on any atom is -0.423 e. The molecule has 0 spiro atoms. The molecule has 104 heavy (non-hydrogen) atoms. The second-order valence-electron chi connectivity index (χ2n) is 22.6. The highest BCUT2D eigenvalue weighted by molar-refractivity contribution is 14.1. The highest BCUT2D eigenvalue weighted by Gasteiger charge is 2.16. The fourth-order valence-electron chi connectivity index (χ4n) is 7.48. The molecule has 544 valence electrons. The lowest BCUT2D eigenvalue weighted by atomic mass is 9.83. The van der Waals surface area contributed by atoms with E-state index in [0.29, 0.717) is 44.6 Å². The van der Waals surface area contributed by atoms with Crippen LogP contribution < -0.4 is 37.0 Å². The number of nitrogens with one attached hydrogen (secondary N) is 7. The van der Waals surface area contributed by atoms with E-state index in [0.717, 1.165) is 75.3 Å². The number of halogens is 2. The number of nitrogen functional groups attached to an aromatic ring is 2. The number of hydrogen-bond donors (Lipinski definition) is 11. The Kier molecular flexibility index (Phi) is 38.3. The summed E-state index contributed by atoms with van der Waals surface area (Å²) in [7, 11) is -6.08. The Morgan fingerprint density at radius 1 is 0.654 bits per heavy atom. The molecule has 42 heteroatoms. The predicted molar refractivity (Wildman–Crippen MR) is 439 cm³/mol. The minimum atomic E-state index is -3.37. The van der Waals surface area contributed by atoms with Gasteiger partial charge in [-0.2, -0.15) is 0 Å².